The minimum Gasteiger partial charge on any atom is -0.342 e. The number of hydrazone groups is 1. The van der Waals surface area contributed by atoms with E-state index in [9.17, 15) is 22.4 Å². The lowest BCUT2D eigenvalue weighted by Crippen LogP contribution is -2.19. The number of carbonyl (C=O) groups excluding carboxylic acids is 1. The van der Waals surface area contributed by atoms with Crippen LogP contribution in [0.2, 0.25) is 0 Å². The Kier molecular flexibility index (Phi) is 7.42. The predicted octanol–water partition coefficient (Wildman–Crippen LogP) is 6.74. The SMILES string of the molecule is O=C(Cc1csc(Nc2cccc(C(F)(F)F)c2)n1)N/N=C\c1cn(Cc2ccccc2F)c2ccccc12. The first-order valence-corrected chi connectivity index (χ1v) is 12.7. The van der Waals surface area contributed by atoms with Crippen LogP contribution < -0.4 is 10.7 Å². The van der Waals surface area contributed by atoms with Gasteiger partial charge in [0.2, 0.25) is 5.91 Å². The summed E-state index contributed by atoms with van der Waals surface area (Å²) in [6.45, 7) is 0.341. The second-order valence-corrected chi connectivity index (χ2v) is 9.50. The average molecular weight is 552 g/mol. The molecule has 2 heterocycles. The number of benzene rings is 3. The molecule has 1 amide bonds. The van der Waals surface area contributed by atoms with Crippen molar-refractivity contribution in [2.45, 2.75) is 19.1 Å². The lowest BCUT2D eigenvalue weighted by molar-refractivity contribution is -0.137. The van der Waals surface area contributed by atoms with E-state index in [1.807, 2.05) is 35.0 Å². The number of halogens is 4. The molecule has 11 heteroatoms. The number of hydrogen-bond donors (Lipinski definition) is 2. The van der Waals surface area contributed by atoms with Gasteiger partial charge in [-0.1, -0.05) is 42.5 Å². The number of thiazole rings is 1. The van der Waals surface area contributed by atoms with Crippen molar-refractivity contribution in [3.8, 4) is 0 Å². The minimum absolute atomic E-state index is 0.0623. The summed E-state index contributed by atoms with van der Waals surface area (Å²) in [7, 11) is 0. The van der Waals surface area contributed by atoms with E-state index in [1.165, 1.54) is 35.8 Å². The van der Waals surface area contributed by atoms with Crippen LogP contribution in [0.15, 0.2) is 89.5 Å². The lowest BCUT2D eigenvalue weighted by Gasteiger charge is -2.08. The fourth-order valence-corrected chi connectivity index (χ4v) is 4.77. The Bertz CT molecular complexity index is 1660. The molecule has 0 atom stereocenters. The number of nitrogens with one attached hydrogen (secondary N) is 2. The van der Waals surface area contributed by atoms with E-state index in [0.29, 0.717) is 22.9 Å². The highest BCUT2D eigenvalue weighted by atomic mass is 32.1. The summed E-state index contributed by atoms with van der Waals surface area (Å²) >= 11 is 1.17. The molecule has 0 saturated heterocycles. The van der Waals surface area contributed by atoms with Gasteiger partial charge < -0.3 is 9.88 Å². The number of anilines is 2. The lowest BCUT2D eigenvalue weighted by atomic mass is 10.2. The first-order valence-electron chi connectivity index (χ1n) is 11.8. The van der Waals surface area contributed by atoms with E-state index in [1.54, 1.807) is 23.6 Å². The van der Waals surface area contributed by atoms with E-state index >= 15 is 0 Å². The van der Waals surface area contributed by atoms with E-state index in [4.69, 9.17) is 0 Å². The van der Waals surface area contributed by atoms with Crippen LogP contribution in [0.25, 0.3) is 10.9 Å². The van der Waals surface area contributed by atoms with Crippen molar-refractivity contribution in [3.63, 3.8) is 0 Å². The maximum atomic E-state index is 14.2. The Morgan fingerprint density at radius 1 is 1.05 bits per heavy atom. The van der Waals surface area contributed by atoms with Gasteiger partial charge in [0.1, 0.15) is 5.82 Å². The topological polar surface area (TPSA) is 71.3 Å². The Hall–Kier alpha value is -4.51. The first-order chi connectivity index (χ1) is 18.8. The number of aromatic nitrogens is 2. The fourth-order valence-electron chi connectivity index (χ4n) is 4.04. The van der Waals surface area contributed by atoms with Crippen LogP contribution in [0, 0.1) is 5.82 Å². The van der Waals surface area contributed by atoms with Crippen molar-refractivity contribution in [1.82, 2.24) is 15.0 Å². The molecular formula is C28H21F4N5OS. The molecule has 0 aliphatic carbocycles. The summed E-state index contributed by atoms with van der Waals surface area (Å²) in [5.74, 6) is -0.690. The number of para-hydroxylation sites is 1. The van der Waals surface area contributed by atoms with Gasteiger partial charge in [-0.15, -0.1) is 11.3 Å². The number of rotatable bonds is 8. The monoisotopic (exact) mass is 551 g/mol. The largest absolute Gasteiger partial charge is 0.416 e. The van der Waals surface area contributed by atoms with Gasteiger partial charge in [-0.05, 0) is 30.3 Å². The van der Waals surface area contributed by atoms with Crippen LogP contribution in [0.3, 0.4) is 0 Å². The van der Waals surface area contributed by atoms with Gasteiger partial charge in [-0.2, -0.15) is 18.3 Å². The molecular weight excluding hydrogens is 530 g/mol. The van der Waals surface area contributed by atoms with Gasteiger partial charge in [-0.25, -0.2) is 14.8 Å². The summed E-state index contributed by atoms with van der Waals surface area (Å²) < 4.78 is 54.9. The van der Waals surface area contributed by atoms with Crippen molar-refractivity contribution in [1.29, 1.82) is 0 Å². The molecule has 0 spiro atoms. The Labute approximate surface area is 224 Å². The highest BCUT2D eigenvalue weighted by Gasteiger charge is 2.30. The number of amides is 1. The zero-order valence-corrected chi connectivity index (χ0v) is 21.1. The van der Waals surface area contributed by atoms with Crippen molar-refractivity contribution in [3.05, 3.63) is 113 Å². The zero-order valence-electron chi connectivity index (χ0n) is 20.2. The van der Waals surface area contributed by atoms with E-state index in [2.05, 4.69) is 20.8 Å². The molecule has 2 N–H and O–H groups in total. The molecule has 0 radical (unpaired) electrons. The van der Waals surface area contributed by atoms with Gasteiger partial charge >= 0.3 is 6.18 Å². The summed E-state index contributed by atoms with van der Waals surface area (Å²) in [5, 5.41) is 9.82. The molecule has 2 aromatic heterocycles. The predicted molar refractivity (Wildman–Crippen MR) is 144 cm³/mol. The van der Waals surface area contributed by atoms with Crippen molar-refractivity contribution in [2.24, 2.45) is 5.10 Å². The number of carbonyl (C=O) groups is 1. The maximum Gasteiger partial charge on any atom is 0.416 e. The Morgan fingerprint density at radius 3 is 2.67 bits per heavy atom. The molecule has 3 aromatic carbocycles. The summed E-state index contributed by atoms with van der Waals surface area (Å²) in [4.78, 5) is 16.7. The molecule has 0 fully saturated rings. The summed E-state index contributed by atoms with van der Waals surface area (Å²) in [6.07, 6.45) is -1.13. The van der Waals surface area contributed by atoms with Crippen molar-refractivity contribution < 1.29 is 22.4 Å². The van der Waals surface area contributed by atoms with Crippen LogP contribution in [0.5, 0.6) is 0 Å². The third-order valence-electron chi connectivity index (χ3n) is 5.85. The molecule has 0 bridgehead atoms. The van der Waals surface area contributed by atoms with Gasteiger partial charge in [0.25, 0.3) is 0 Å². The fraction of sp³-hybridized carbons (Fsp3) is 0.107. The highest BCUT2D eigenvalue weighted by molar-refractivity contribution is 7.13. The van der Waals surface area contributed by atoms with Crippen molar-refractivity contribution >= 4 is 45.2 Å². The molecule has 0 saturated carbocycles. The quantitative estimate of drug-likeness (QED) is 0.127. The summed E-state index contributed by atoms with van der Waals surface area (Å²) in [6, 6.07) is 19.0. The van der Waals surface area contributed by atoms with Gasteiger partial charge in [0.15, 0.2) is 5.13 Å². The maximum absolute atomic E-state index is 14.2. The molecule has 5 rings (SSSR count). The Balaban J connectivity index is 1.22. The molecule has 39 heavy (non-hydrogen) atoms. The number of hydrogen-bond acceptors (Lipinski definition) is 5. The number of alkyl halides is 3. The highest BCUT2D eigenvalue weighted by Crippen LogP contribution is 2.32. The van der Waals surface area contributed by atoms with Gasteiger partial charge in [0.05, 0.1) is 30.4 Å². The van der Waals surface area contributed by atoms with E-state index in [-0.39, 0.29) is 17.9 Å². The minimum atomic E-state index is -4.45. The molecule has 0 aliphatic rings. The second kappa shape index (κ2) is 11.1. The third-order valence-corrected chi connectivity index (χ3v) is 6.65. The zero-order chi connectivity index (χ0) is 27.4. The number of fused-ring (bicyclic) bond motifs is 1. The molecule has 5 aromatic rings. The average Bonchev–Trinajstić information content (AvgIpc) is 3.49. The van der Waals surface area contributed by atoms with Crippen molar-refractivity contribution in [2.75, 3.05) is 5.32 Å². The smallest absolute Gasteiger partial charge is 0.342 e. The summed E-state index contributed by atoms with van der Waals surface area (Å²) in [5.41, 5.74) is 4.61. The van der Waals surface area contributed by atoms with Crippen LogP contribution in [-0.2, 0) is 23.9 Å². The molecule has 0 unspecified atom stereocenters. The molecule has 198 valence electrons. The van der Waals surface area contributed by atoms with Gasteiger partial charge in [-0.3, -0.25) is 4.79 Å². The van der Waals surface area contributed by atoms with E-state index in [0.717, 1.165) is 28.6 Å². The molecule has 6 nitrogen and oxygen atoms in total. The van der Waals surface area contributed by atoms with E-state index < -0.39 is 17.6 Å². The first kappa shape index (κ1) is 26.1. The molecule has 0 aliphatic heterocycles. The normalized spacial score (nSPS) is 11.8. The van der Waals surface area contributed by atoms with Gasteiger partial charge in [0, 0.05) is 39.3 Å². The van der Waals surface area contributed by atoms with Crippen LogP contribution in [0.1, 0.15) is 22.4 Å². The third kappa shape index (κ3) is 6.32. The van der Waals surface area contributed by atoms with Crippen LogP contribution >= 0.6 is 11.3 Å². The second-order valence-electron chi connectivity index (χ2n) is 8.64. The van der Waals surface area contributed by atoms with Crippen LogP contribution in [-0.4, -0.2) is 21.7 Å². The standard InChI is InChI=1S/C28H21F4N5OS/c29-24-10-3-1-6-18(24)15-37-16-19(23-9-2-4-11-25(23)37)14-33-36-26(38)13-22-17-39-27(35-22)34-21-8-5-7-20(12-21)28(30,31)32/h1-12,14,16-17H,13,15H2,(H,34,35)(H,36,38)/b33-14-. The van der Waals surface area contributed by atoms with Crippen LogP contribution in [0.4, 0.5) is 28.4 Å². The Morgan fingerprint density at radius 2 is 1.85 bits per heavy atom. The number of nitrogens with zero attached hydrogens (tertiary/aromatic N) is 3.